The van der Waals surface area contributed by atoms with Crippen molar-refractivity contribution in [1.82, 2.24) is 5.32 Å². The van der Waals surface area contributed by atoms with Crippen LogP contribution in [0.15, 0.2) is 0 Å². The molecule has 17 heavy (non-hydrogen) atoms. The van der Waals surface area contributed by atoms with E-state index in [-0.39, 0.29) is 0 Å². The van der Waals surface area contributed by atoms with Gasteiger partial charge in [-0.2, -0.15) is 0 Å². The lowest BCUT2D eigenvalue weighted by Crippen LogP contribution is -2.32. The number of hydrogen-bond acceptors (Lipinski definition) is 1. The van der Waals surface area contributed by atoms with Crippen molar-refractivity contribution in [3.05, 3.63) is 6.92 Å². The van der Waals surface area contributed by atoms with Crippen LogP contribution in [0, 0.1) is 12.8 Å². The summed E-state index contributed by atoms with van der Waals surface area (Å²) in [5.74, 6) is 0.623. The van der Waals surface area contributed by atoms with Gasteiger partial charge in [0.05, 0.1) is 0 Å². The van der Waals surface area contributed by atoms with Gasteiger partial charge >= 0.3 is 0 Å². The molecule has 1 rings (SSSR count). The van der Waals surface area contributed by atoms with Gasteiger partial charge in [0, 0.05) is 12.5 Å². The Labute approximate surface area is 107 Å². The summed E-state index contributed by atoms with van der Waals surface area (Å²) in [7, 11) is 0. The van der Waals surface area contributed by atoms with Crippen molar-refractivity contribution in [2.45, 2.75) is 70.6 Å². The molecule has 0 atom stereocenters. The molecular weight excluding hydrogens is 210 g/mol. The van der Waals surface area contributed by atoms with E-state index in [0.717, 1.165) is 32.2 Å². The van der Waals surface area contributed by atoms with Gasteiger partial charge < -0.3 is 5.32 Å². The molecule has 0 aromatic carbocycles. The van der Waals surface area contributed by atoms with E-state index in [4.69, 9.17) is 0 Å². The number of hydrogen-bond donors (Lipinski definition) is 1. The highest BCUT2D eigenvalue weighted by molar-refractivity contribution is 5.78. The molecule has 1 aliphatic rings. The topological polar surface area (TPSA) is 29.1 Å². The lowest BCUT2D eigenvalue weighted by Gasteiger charge is -2.20. The number of amides is 1. The second-order valence-corrected chi connectivity index (χ2v) is 5.25. The monoisotopic (exact) mass is 238 g/mol. The third-order valence-corrected chi connectivity index (χ3v) is 3.70. The second kappa shape index (κ2) is 9.49. The van der Waals surface area contributed by atoms with E-state index < -0.39 is 0 Å². The molecule has 2 heteroatoms. The van der Waals surface area contributed by atoms with Crippen molar-refractivity contribution in [3.63, 3.8) is 0 Å². The van der Waals surface area contributed by atoms with Gasteiger partial charge in [-0.15, -0.1) is 0 Å². The minimum Gasteiger partial charge on any atom is -0.356 e. The Bertz CT molecular complexity index is 197. The molecule has 0 unspecified atom stereocenters. The molecule has 0 bridgehead atoms. The molecule has 1 fully saturated rings. The van der Waals surface area contributed by atoms with Crippen LogP contribution in [0.3, 0.4) is 0 Å². The summed E-state index contributed by atoms with van der Waals surface area (Å²) in [5.41, 5.74) is 0. The van der Waals surface area contributed by atoms with Gasteiger partial charge in [0.25, 0.3) is 0 Å². The molecule has 0 saturated heterocycles. The maximum absolute atomic E-state index is 11.8. The fraction of sp³-hybridized carbons (Fsp3) is 0.867. The van der Waals surface area contributed by atoms with Crippen LogP contribution in [0.1, 0.15) is 70.6 Å². The number of carbonyl (C=O) groups excluding carboxylic acids is 1. The van der Waals surface area contributed by atoms with Gasteiger partial charge in [-0.1, -0.05) is 58.3 Å². The van der Waals surface area contributed by atoms with Crippen molar-refractivity contribution in [3.8, 4) is 0 Å². The number of rotatable bonds is 8. The SMILES string of the molecule is [CH2]CCCCCCCNC(=O)C1CCCCC1. The molecule has 1 saturated carbocycles. The predicted octanol–water partition coefficient (Wildman–Crippen LogP) is 3.86. The van der Waals surface area contributed by atoms with Crippen molar-refractivity contribution < 1.29 is 4.79 Å². The standard InChI is InChI=1S/C15H28NO/c1-2-3-4-5-6-10-13-16-15(17)14-11-8-7-9-12-14/h14H,1-13H2,(H,16,17). The quantitative estimate of drug-likeness (QED) is 0.639. The zero-order valence-electron chi connectivity index (χ0n) is 11.2. The molecule has 99 valence electrons. The van der Waals surface area contributed by atoms with Crippen LogP contribution >= 0.6 is 0 Å². The maximum Gasteiger partial charge on any atom is 0.223 e. The van der Waals surface area contributed by atoms with E-state index in [1.54, 1.807) is 0 Å². The third kappa shape index (κ3) is 6.70. The largest absolute Gasteiger partial charge is 0.356 e. The summed E-state index contributed by atoms with van der Waals surface area (Å²) >= 11 is 0. The van der Waals surface area contributed by atoms with Crippen molar-refractivity contribution in [2.24, 2.45) is 5.92 Å². The number of carbonyl (C=O) groups is 1. The van der Waals surface area contributed by atoms with Crippen LogP contribution in [-0.2, 0) is 4.79 Å². The first-order valence-corrected chi connectivity index (χ1v) is 7.41. The van der Waals surface area contributed by atoms with Crippen molar-refractivity contribution in [1.29, 1.82) is 0 Å². The Hall–Kier alpha value is -0.530. The molecular formula is C15H28NO. The van der Waals surface area contributed by atoms with E-state index in [9.17, 15) is 4.79 Å². The second-order valence-electron chi connectivity index (χ2n) is 5.25. The van der Waals surface area contributed by atoms with Gasteiger partial charge in [-0.25, -0.2) is 0 Å². The summed E-state index contributed by atoms with van der Waals surface area (Å²) in [6.07, 6.45) is 13.3. The average Bonchev–Trinajstić information content (AvgIpc) is 2.38. The summed E-state index contributed by atoms with van der Waals surface area (Å²) in [6.45, 7) is 4.71. The van der Waals surface area contributed by atoms with Crippen LogP contribution in [0.5, 0.6) is 0 Å². The molecule has 2 nitrogen and oxygen atoms in total. The summed E-state index contributed by atoms with van der Waals surface area (Å²) < 4.78 is 0. The van der Waals surface area contributed by atoms with Gasteiger partial charge in [0.1, 0.15) is 0 Å². The van der Waals surface area contributed by atoms with Crippen LogP contribution in [0.2, 0.25) is 0 Å². The fourth-order valence-corrected chi connectivity index (χ4v) is 2.55. The van der Waals surface area contributed by atoms with Crippen molar-refractivity contribution >= 4 is 5.91 Å². The molecule has 0 aliphatic heterocycles. The molecule has 0 heterocycles. The minimum absolute atomic E-state index is 0.308. The molecule has 0 aromatic rings. The lowest BCUT2D eigenvalue weighted by atomic mass is 9.88. The Balaban J connectivity index is 1.92. The van der Waals surface area contributed by atoms with Gasteiger partial charge in [-0.3, -0.25) is 4.79 Å². The number of unbranched alkanes of at least 4 members (excludes halogenated alkanes) is 5. The lowest BCUT2D eigenvalue weighted by molar-refractivity contribution is -0.125. The first-order chi connectivity index (χ1) is 8.34. The first kappa shape index (κ1) is 14.5. The maximum atomic E-state index is 11.8. The molecule has 0 spiro atoms. The fourth-order valence-electron chi connectivity index (χ4n) is 2.55. The predicted molar refractivity (Wildman–Crippen MR) is 72.6 cm³/mol. The Morgan fingerprint density at radius 1 is 1.00 bits per heavy atom. The van der Waals surface area contributed by atoms with E-state index in [0.29, 0.717) is 11.8 Å². The summed E-state index contributed by atoms with van der Waals surface area (Å²) in [4.78, 5) is 11.8. The first-order valence-electron chi connectivity index (χ1n) is 7.41. The van der Waals surface area contributed by atoms with Crippen LogP contribution in [-0.4, -0.2) is 12.5 Å². The van der Waals surface area contributed by atoms with Crippen LogP contribution < -0.4 is 5.32 Å². The molecule has 1 amide bonds. The van der Waals surface area contributed by atoms with Crippen LogP contribution in [0.4, 0.5) is 0 Å². The van der Waals surface area contributed by atoms with Crippen LogP contribution in [0.25, 0.3) is 0 Å². The molecule has 1 radical (unpaired) electrons. The zero-order chi connectivity index (χ0) is 12.3. The van der Waals surface area contributed by atoms with Gasteiger partial charge in [0.2, 0.25) is 5.91 Å². The highest BCUT2D eigenvalue weighted by Crippen LogP contribution is 2.23. The van der Waals surface area contributed by atoms with E-state index in [2.05, 4.69) is 12.2 Å². The van der Waals surface area contributed by atoms with Gasteiger partial charge in [0.15, 0.2) is 0 Å². The summed E-state index contributed by atoms with van der Waals surface area (Å²) in [5, 5.41) is 3.09. The highest BCUT2D eigenvalue weighted by atomic mass is 16.1. The smallest absolute Gasteiger partial charge is 0.223 e. The molecule has 0 aromatic heterocycles. The Morgan fingerprint density at radius 3 is 2.35 bits per heavy atom. The minimum atomic E-state index is 0.308. The Kier molecular flexibility index (Phi) is 8.12. The average molecular weight is 238 g/mol. The summed E-state index contributed by atoms with van der Waals surface area (Å²) in [6, 6.07) is 0. The van der Waals surface area contributed by atoms with E-state index in [1.807, 2.05) is 0 Å². The third-order valence-electron chi connectivity index (χ3n) is 3.70. The van der Waals surface area contributed by atoms with Gasteiger partial charge in [-0.05, 0) is 19.3 Å². The number of nitrogens with one attached hydrogen (secondary N) is 1. The zero-order valence-corrected chi connectivity index (χ0v) is 11.2. The van der Waals surface area contributed by atoms with Crippen molar-refractivity contribution in [2.75, 3.05) is 6.54 Å². The molecule has 1 N–H and O–H groups in total. The molecule has 1 aliphatic carbocycles. The highest BCUT2D eigenvalue weighted by Gasteiger charge is 2.20. The Morgan fingerprint density at radius 2 is 1.65 bits per heavy atom. The van der Waals surface area contributed by atoms with E-state index in [1.165, 1.54) is 44.9 Å². The van der Waals surface area contributed by atoms with E-state index >= 15 is 0 Å². The normalized spacial score (nSPS) is 17.0.